The van der Waals surface area contributed by atoms with Crippen LogP contribution >= 0.6 is 23.2 Å². The molecule has 50 heavy (non-hydrogen) atoms. The number of nitrogens with zero attached hydrogens (tertiary/aromatic N) is 2. The maximum absolute atomic E-state index is 15.2. The number of hydrogen-bond donors (Lipinski definition) is 1. The van der Waals surface area contributed by atoms with Crippen LogP contribution < -0.4 is 9.64 Å². The van der Waals surface area contributed by atoms with Gasteiger partial charge in [0.25, 0.3) is 11.8 Å². The molecule has 15 heteroatoms. The highest BCUT2D eigenvalue weighted by Crippen LogP contribution is 2.66. The van der Waals surface area contributed by atoms with Crippen LogP contribution in [0.5, 0.6) is 5.75 Å². The number of imide groups is 2. The van der Waals surface area contributed by atoms with E-state index in [1.807, 2.05) is 0 Å². The number of alkyl halides is 2. The van der Waals surface area contributed by atoms with E-state index in [-0.39, 0.29) is 35.8 Å². The third-order valence-electron chi connectivity index (χ3n) is 10.1. The second-order valence-electron chi connectivity index (χ2n) is 12.6. The van der Waals surface area contributed by atoms with Crippen LogP contribution in [0, 0.1) is 46.8 Å². The fraction of sp³-hybridized carbons (Fsp3) is 0.314. The topological polar surface area (TPSA) is 104 Å². The number of ether oxygens (including phenoxy) is 1. The van der Waals surface area contributed by atoms with E-state index in [1.165, 1.54) is 18.2 Å². The molecule has 3 aromatic carbocycles. The number of carbonyl (C=O) groups excluding carboxylic acids is 4. The number of carbonyl (C=O) groups is 4. The molecule has 3 aromatic rings. The number of halogens is 7. The van der Waals surface area contributed by atoms with Crippen molar-refractivity contribution in [3.8, 4) is 5.75 Å². The van der Waals surface area contributed by atoms with Crippen LogP contribution in [0.3, 0.4) is 0 Å². The van der Waals surface area contributed by atoms with Gasteiger partial charge in [-0.3, -0.25) is 24.1 Å². The summed E-state index contributed by atoms with van der Waals surface area (Å²) in [7, 11) is 0. The zero-order chi connectivity index (χ0) is 35.9. The molecular weight excluding hydrogens is 710 g/mol. The van der Waals surface area contributed by atoms with Crippen LogP contribution in [0.1, 0.15) is 29.9 Å². The molecule has 7 rings (SSSR count). The molecule has 2 aliphatic heterocycles. The first-order valence-electron chi connectivity index (χ1n) is 15.5. The number of para-hydroxylation sites is 1. The van der Waals surface area contributed by atoms with E-state index < -0.39 is 105 Å². The predicted molar refractivity (Wildman–Crippen MR) is 167 cm³/mol. The van der Waals surface area contributed by atoms with Gasteiger partial charge in [-0.1, -0.05) is 60.2 Å². The van der Waals surface area contributed by atoms with Crippen molar-refractivity contribution in [2.75, 3.05) is 18.1 Å². The smallest absolute Gasteiger partial charge is 0.258 e. The van der Waals surface area contributed by atoms with Crippen LogP contribution in [0.15, 0.2) is 66.2 Å². The Balaban J connectivity index is 1.42. The predicted octanol–water partition coefficient (Wildman–Crippen LogP) is 5.52. The summed E-state index contributed by atoms with van der Waals surface area (Å²) < 4.78 is 79.2. The highest BCUT2D eigenvalue weighted by atomic mass is 35.5. The first kappa shape index (κ1) is 34.1. The molecule has 2 aliphatic carbocycles. The Morgan fingerprint density at radius 2 is 1.42 bits per heavy atom. The molecule has 0 radical (unpaired) electrons. The molecular formula is C35H25Cl2F5N2O6. The molecule has 3 fully saturated rings. The van der Waals surface area contributed by atoms with Gasteiger partial charge in [-0.05, 0) is 30.4 Å². The van der Waals surface area contributed by atoms with Crippen molar-refractivity contribution >= 4 is 52.5 Å². The fourth-order valence-electron chi connectivity index (χ4n) is 7.91. The molecule has 260 valence electrons. The third-order valence-corrected chi connectivity index (χ3v) is 11.5. The largest absolute Gasteiger partial charge is 0.491 e. The van der Waals surface area contributed by atoms with Crippen molar-refractivity contribution in [3.63, 3.8) is 0 Å². The minimum absolute atomic E-state index is 0.00821. The van der Waals surface area contributed by atoms with E-state index in [1.54, 1.807) is 42.5 Å². The van der Waals surface area contributed by atoms with E-state index in [0.29, 0.717) is 11.1 Å². The summed E-state index contributed by atoms with van der Waals surface area (Å²) in [6.45, 7) is -0.715. The van der Waals surface area contributed by atoms with Crippen LogP contribution in [-0.4, -0.2) is 56.6 Å². The number of aliphatic hydroxyl groups is 1. The lowest BCUT2D eigenvalue weighted by atomic mass is 9.56. The molecule has 8 nitrogen and oxygen atoms in total. The van der Waals surface area contributed by atoms with Crippen molar-refractivity contribution < 1.29 is 51.0 Å². The van der Waals surface area contributed by atoms with Gasteiger partial charge in [0.15, 0.2) is 33.0 Å². The lowest BCUT2D eigenvalue weighted by Gasteiger charge is -2.51. The summed E-state index contributed by atoms with van der Waals surface area (Å²) in [5, 5.41) is 9.48. The highest BCUT2D eigenvalue weighted by molar-refractivity contribution is 6.58. The highest BCUT2D eigenvalue weighted by Gasteiger charge is 2.77. The van der Waals surface area contributed by atoms with E-state index in [9.17, 15) is 37.5 Å². The van der Waals surface area contributed by atoms with E-state index >= 15 is 8.78 Å². The van der Waals surface area contributed by atoms with Crippen molar-refractivity contribution in [1.29, 1.82) is 0 Å². The zero-order valence-electron chi connectivity index (χ0n) is 25.6. The summed E-state index contributed by atoms with van der Waals surface area (Å²) in [6, 6.07) is 14.7. The molecule has 2 saturated heterocycles. The van der Waals surface area contributed by atoms with Crippen LogP contribution in [0.4, 0.5) is 27.6 Å². The van der Waals surface area contributed by atoms with Gasteiger partial charge in [0.2, 0.25) is 17.6 Å². The number of likely N-dealkylation sites (tertiary alicyclic amines) is 1. The minimum Gasteiger partial charge on any atom is -0.491 e. The molecule has 0 unspecified atom stereocenters. The Morgan fingerprint density at radius 1 is 0.800 bits per heavy atom. The average Bonchev–Trinajstić information content (AvgIpc) is 3.44. The standard InChI is InChI=1S/C35H25Cl2F5N2O6/c36-34-14-20-17(10-11-19-22(20)31(47)43(30(19)46)15-16-6-2-1-3-7-16)23(18-8-4-5-9-21(18)50-13-12-45)35(34,37)33(49)44(32(34)48)29-27(41)25(39)24(38)26(40)28(29)42/h1-10,19-20,22-23,45H,11-15H2/t19-,20+,22-,23+,34+,35-/m0/s1. The first-order valence-corrected chi connectivity index (χ1v) is 16.2. The number of anilines is 1. The Hall–Kier alpha value is -4.33. The number of allylic oxidation sites excluding steroid dienone is 2. The van der Waals surface area contributed by atoms with Gasteiger partial charge < -0.3 is 9.84 Å². The lowest BCUT2D eigenvalue weighted by Crippen LogP contribution is -2.60. The maximum Gasteiger partial charge on any atom is 0.258 e. The zero-order valence-corrected chi connectivity index (χ0v) is 27.2. The molecule has 1 N–H and O–H groups in total. The van der Waals surface area contributed by atoms with Gasteiger partial charge in [-0.15, -0.1) is 23.2 Å². The monoisotopic (exact) mass is 734 g/mol. The summed E-state index contributed by atoms with van der Waals surface area (Å²) >= 11 is 14.3. The molecule has 4 amide bonds. The average molecular weight is 735 g/mol. The van der Waals surface area contributed by atoms with Crippen molar-refractivity contribution in [3.05, 3.63) is 106 Å². The van der Waals surface area contributed by atoms with Crippen molar-refractivity contribution in [2.45, 2.75) is 35.1 Å². The fourth-order valence-corrected chi connectivity index (χ4v) is 8.83. The number of fused-ring (bicyclic) bond motifs is 4. The second-order valence-corrected chi connectivity index (χ2v) is 13.8. The first-order chi connectivity index (χ1) is 23.8. The molecule has 0 spiro atoms. The minimum atomic E-state index is -2.69. The molecule has 1 saturated carbocycles. The second kappa shape index (κ2) is 12.2. The summed E-state index contributed by atoms with van der Waals surface area (Å²) in [4.78, 5) is 52.1. The Kier molecular flexibility index (Phi) is 8.31. The Morgan fingerprint density at radius 3 is 2.08 bits per heavy atom. The van der Waals surface area contributed by atoms with E-state index in [0.717, 1.165) is 4.90 Å². The van der Waals surface area contributed by atoms with Gasteiger partial charge in [0.1, 0.15) is 18.0 Å². The number of aliphatic hydroxyl groups excluding tert-OH is 1. The molecule has 0 aromatic heterocycles. The Bertz CT molecular complexity index is 1990. The van der Waals surface area contributed by atoms with Crippen LogP contribution in [0.25, 0.3) is 0 Å². The van der Waals surface area contributed by atoms with Crippen LogP contribution in [0.2, 0.25) is 0 Å². The summed E-state index contributed by atoms with van der Waals surface area (Å²) in [5.41, 5.74) is -0.777. The SMILES string of the molecule is O=C1[C@H]2[C@H](CC=C3[C@H]2C[C@@]2(Cl)C(=O)N(c4c(F)c(F)c(F)c(F)c4F)C(=O)[C@@]2(Cl)[C@H]3c2ccccc2OCCO)C(=O)N1Cc1ccccc1. The lowest BCUT2D eigenvalue weighted by molar-refractivity contribution is -0.141. The van der Waals surface area contributed by atoms with Gasteiger partial charge in [-0.2, -0.15) is 0 Å². The van der Waals surface area contributed by atoms with Crippen molar-refractivity contribution in [1.82, 2.24) is 4.90 Å². The summed E-state index contributed by atoms with van der Waals surface area (Å²) in [5.74, 6) is -21.0. The van der Waals surface area contributed by atoms with Crippen LogP contribution in [-0.2, 0) is 25.7 Å². The molecule has 2 heterocycles. The molecule has 0 bridgehead atoms. The third kappa shape index (κ3) is 4.59. The number of amides is 4. The van der Waals surface area contributed by atoms with E-state index in [4.69, 9.17) is 27.9 Å². The van der Waals surface area contributed by atoms with Gasteiger partial charge in [0.05, 0.1) is 25.0 Å². The molecule has 6 atom stereocenters. The van der Waals surface area contributed by atoms with Crippen molar-refractivity contribution in [2.24, 2.45) is 17.8 Å². The number of hydrogen-bond acceptors (Lipinski definition) is 6. The van der Waals surface area contributed by atoms with Gasteiger partial charge >= 0.3 is 0 Å². The summed E-state index contributed by atoms with van der Waals surface area (Å²) in [6.07, 6.45) is 1.00. The van der Waals surface area contributed by atoms with Gasteiger partial charge in [-0.25, -0.2) is 26.9 Å². The normalized spacial score (nSPS) is 28.8. The van der Waals surface area contributed by atoms with Gasteiger partial charge in [0, 0.05) is 11.5 Å². The maximum atomic E-state index is 15.2. The quantitative estimate of drug-likeness (QED) is 0.0857. The molecule has 4 aliphatic rings. The number of benzene rings is 3. The number of rotatable bonds is 7. The van der Waals surface area contributed by atoms with E-state index in [2.05, 4.69) is 0 Å². The Labute approximate surface area is 291 Å².